The first-order valence-electron chi connectivity index (χ1n) is 8.05. The van der Waals surface area contributed by atoms with Crippen LogP contribution in [0.15, 0.2) is 36.7 Å². The fourth-order valence-electron chi connectivity index (χ4n) is 3.13. The van der Waals surface area contributed by atoms with Gasteiger partial charge in [-0.1, -0.05) is 17.3 Å². The van der Waals surface area contributed by atoms with Gasteiger partial charge >= 0.3 is 0 Å². The Morgan fingerprint density at radius 1 is 1.42 bits per heavy atom. The van der Waals surface area contributed by atoms with Gasteiger partial charge in [-0.15, -0.1) is 5.10 Å². The Hall–Kier alpha value is -2.25. The molecule has 1 fully saturated rings. The molecule has 2 heterocycles. The summed E-state index contributed by atoms with van der Waals surface area (Å²) < 4.78 is 1.60. The summed E-state index contributed by atoms with van der Waals surface area (Å²) in [5.41, 5.74) is 0.812. The van der Waals surface area contributed by atoms with Gasteiger partial charge in [0.1, 0.15) is 5.60 Å². The summed E-state index contributed by atoms with van der Waals surface area (Å²) in [6.07, 6.45) is 3.83. The number of carbonyl (C=O) groups excluding carboxylic acids is 1. The molecular weight excluding hydrogens is 306 g/mol. The predicted molar refractivity (Wildman–Crippen MR) is 89.3 cm³/mol. The molecule has 1 aromatic carbocycles. The van der Waals surface area contributed by atoms with Crippen LogP contribution in [0, 0.1) is 0 Å². The van der Waals surface area contributed by atoms with Gasteiger partial charge < -0.3 is 14.9 Å². The Morgan fingerprint density at radius 3 is 2.96 bits per heavy atom. The Balaban J connectivity index is 1.68. The van der Waals surface area contributed by atoms with Crippen LogP contribution in [-0.2, 0) is 13.1 Å². The molecule has 0 saturated carbocycles. The van der Waals surface area contributed by atoms with E-state index in [4.69, 9.17) is 0 Å². The smallest absolute Gasteiger partial charge is 0.253 e. The number of benzene rings is 1. The highest BCUT2D eigenvalue weighted by Crippen LogP contribution is 2.24. The molecule has 1 N–H and O–H groups in total. The van der Waals surface area contributed by atoms with Crippen molar-refractivity contribution in [2.45, 2.75) is 25.1 Å². The molecule has 0 radical (unpaired) electrons. The lowest BCUT2D eigenvalue weighted by Crippen LogP contribution is -2.39. The van der Waals surface area contributed by atoms with Crippen LogP contribution in [0.25, 0.3) is 0 Å². The van der Waals surface area contributed by atoms with Crippen molar-refractivity contribution >= 4 is 5.91 Å². The molecule has 1 amide bonds. The third-order valence-electron chi connectivity index (χ3n) is 4.22. The van der Waals surface area contributed by atoms with Gasteiger partial charge in [-0.3, -0.25) is 4.79 Å². The van der Waals surface area contributed by atoms with Crippen LogP contribution in [0.1, 0.15) is 22.3 Å². The molecule has 0 spiro atoms. The van der Waals surface area contributed by atoms with Crippen LogP contribution in [0.5, 0.6) is 0 Å². The maximum absolute atomic E-state index is 12.7. The lowest BCUT2D eigenvalue weighted by atomic mass is 10.0. The number of likely N-dealkylation sites (tertiary alicyclic amines) is 1. The van der Waals surface area contributed by atoms with E-state index in [9.17, 15) is 9.90 Å². The minimum atomic E-state index is -0.954. The zero-order valence-corrected chi connectivity index (χ0v) is 14.1. The van der Waals surface area contributed by atoms with Crippen LogP contribution < -0.4 is 0 Å². The molecule has 3 rings (SSSR count). The number of hydrogen-bond donors (Lipinski definition) is 1. The zero-order valence-electron chi connectivity index (χ0n) is 14.1. The van der Waals surface area contributed by atoms with Crippen molar-refractivity contribution in [3.8, 4) is 0 Å². The van der Waals surface area contributed by atoms with E-state index in [2.05, 4.69) is 15.2 Å². The molecule has 7 nitrogen and oxygen atoms in total. The second-order valence-electron chi connectivity index (χ2n) is 6.74. The lowest BCUT2D eigenvalue weighted by molar-refractivity contribution is 0.0267. The van der Waals surface area contributed by atoms with Crippen molar-refractivity contribution in [2.24, 2.45) is 0 Å². The van der Waals surface area contributed by atoms with Crippen molar-refractivity contribution in [1.29, 1.82) is 0 Å². The molecule has 128 valence electrons. The third-order valence-corrected chi connectivity index (χ3v) is 4.22. The number of nitrogens with zero attached hydrogens (tertiary/aromatic N) is 5. The topological polar surface area (TPSA) is 74.5 Å². The first-order valence-corrected chi connectivity index (χ1v) is 8.05. The molecule has 2 aromatic rings. The standard InChI is InChI=1S/C17H23N5O2/c1-20(2)11-14-4-3-5-15(10-14)16(23)21-8-6-17(24,12-21)13-22-9-7-18-19-22/h3-5,7,9-10,24H,6,8,11-13H2,1-2H3. The summed E-state index contributed by atoms with van der Waals surface area (Å²) in [5.74, 6) is -0.0369. The quantitative estimate of drug-likeness (QED) is 0.870. The van der Waals surface area contributed by atoms with Crippen molar-refractivity contribution in [1.82, 2.24) is 24.8 Å². The maximum Gasteiger partial charge on any atom is 0.253 e. The molecule has 1 atom stereocenters. The SMILES string of the molecule is CN(C)Cc1cccc(C(=O)N2CCC(O)(Cn3ccnn3)C2)c1. The average molecular weight is 329 g/mol. The van der Waals surface area contributed by atoms with E-state index < -0.39 is 5.60 Å². The molecule has 1 aliphatic rings. The van der Waals surface area contributed by atoms with Gasteiger partial charge in [-0.25, -0.2) is 4.68 Å². The highest BCUT2D eigenvalue weighted by molar-refractivity contribution is 5.94. The van der Waals surface area contributed by atoms with Gasteiger partial charge in [-0.05, 0) is 38.2 Å². The third kappa shape index (κ3) is 3.80. The van der Waals surface area contributed by atoms with Gasteiger partial charge in [0.05, 0.1) is 19.3 Å². The van der Waals surface area contributed by atoms with Crippen molar-refractivity contribution in [3.05, 3.63) is 47.8 Å². The number of aromatic nitrogens is 3. The van der Waals surface area contributed by atoms with Crippen molar-refractivity contribution in [3.63, 3.8) is 0 Å². The van der Waals surface area contributed by atoms with Crippen LogP contribution >= 0.6 is 0 Å². The van der Waals surface area contributed by atoms with Crippen LogP contribution in [0.3, 0.4) is 0 Å². The largest absolute Gasteiger partial charge is 0.386 e. The Bertz CT molecular complexity index is 701. The summed E-state index contributed by atoms with van der Waals surface area (Å²) in [6, 6.07) is 7.68. The molecule has 0 aliphatic carbocycles. The molecular formula is C17H23N5O2. The number of amides is 1. The monoisotopic (exact) mass is 329 g/mol. The maximum atomic E-state index is 12.7. The molecule has 1 saturated heterocycles. The molecule has 1 aliphatic heterocycles. The summed E-state index contributed by atoms with van der Waals surface area (Å²) in [6.45, 7) is 1.99. The van der Waals surface area contributed by atoms with Gasteiger partial charge in [-0.2, -0.15) is 0 Å². The van der Waals surface area contributed by atoms with Crippen LogP contribution in [-0.4, -0.2) is 68.6 Å². The highest BCUT2D eigenvalue weighted by Gasteiger charge is 2.39. The Kier molecular flexibility index (Phi) is 4.64. The molecule has 0 bridgehead atoms. The van der Waals surface area contributed by atoms with Crippen LogP contribution in [0.4, 0.5) is 0 Å². The first kappa shape index (κ1) is 16.6. The Morgan fingerprint density at radius 2 is 2.25 bits per heavy atom. The Labute approximate surface area is 141 Å². The average Bonchev–Trinajstić information content (AvgIpc) is 3.16. The van der Waals surface area contributed by atoms with Crippen molar-refractivity contribution < 1.29 is 9.90 Å². The van der Waals surface area contributed by atoms with E-state index in [1.165, 1.54) is 0 Å². The number of aliphatic hydroxyl groups is 1. The number of rotatable bonds is 5. The molecule has 7 heteroatoms. The fraction of sp³-hybridized carbons (Fsp3) is 0.471. The predicted octanol–water partition coefficient (Wildman–Crippen LogP) is 0.617. The summed E-state index contributed by atoms with van der Waals surface area (Å²) in [7, 11) is 4.00. The van der Waals surface area contributed by atoms with E-state index >= 15 is 0 Å². The lowest BCUT2D eigenvalue weighted by Gasteiger charge is -2.23. The van der Waals surface area contributed by atoms with E-state index in [-0.39, 0.29) is 5.91 Å². The van der Waals surface area contributed by atoms with Crippen LogP contribution in [0.2, 0.25) is 0 Å². The molecule has 24 heavy (non-hydrogen) atoms. The number of carbonyl (C=O) groups is 1. The summed E-state index contributed by atoms with van der Waals surface area (Å²) >= 11 is 0. The van der Waals surface area contributed by atoms with E-state index in [0.717, 1.165) is 12.1 Å². The molecule has 1 aromatic heterocycles. The second kappa shape index (κ2) is 6.70. The van der Waals surface area contributed by atoms with E-state index in [1.54, 1.807) is 22.0 Å². The normalized spacial score (nSPS) is 20.8. The highest BCUT2D eigenvalue weighted by atomic mass is 16.3. The minimum absolute atomic E-state index is 0.0369. The summed E-state index contributed by atoms with van der Waals surface area (Å²) in [5, 5.41) is 18.4. The van der Waals surface area contributed by atoms with Crippen molar-refractivity contribution in [2.75, 3.05) is 27.2 Å². The molecule has 1 unspecified atom stereocenters. The number of hydrogen-bond acceptors (Lipinski definition) is 5. The van der Waals surface area contributed by atoms with E-state index in [1.807, 2.05) is 38.4 Å². The summed E-state index contributed by atoms with van der Waals surface area (Å²) in [4.78, 5) is 16.5. The minimum Gasteiger partial charge on any atom is -0.386 e. The van der Waals surface area contributed by atoms with Gasteiger partial charge in [0.2, 0.25) is 0 Å². The van der Waals surface area contributed by atoms with Gasteiger partial charge in [0.25, 0.3) is 5.91 Å². The number of β-amino-alcohol motifs (C(OH)–C–C–N with tert-alkyl or cyclic N) is 1. The van der Waals surface area contributed by atoms with Gasteiger partial charge in [0.15, 0.2) is 0 Å². The zero-order chi connectivity index (χ0) is 17.2. The van der Waals surface area contributed by atoms with E-state index in [0.29, 0.717) is 31.6 Å². The first-order chi connectivity index (χ1) is 11.5. The second-order valence-corrected chi connectivity index (χ2v) is 6.74. The van der Waals surface area contributed by atoms with Gasteiger partial charge in [0, 0.05) is 24.8 Å². The fourth-order valence-corrected chi connectivity index (χ4v) is 3.13.